The third-order valence-electron chi connectivity index (χ3n) is 4.63. The van der Waals surface area contributed by atoms with Crippen molar-refractivity contribution in [2.75, 3.05) is 7.11 Å². The Morgan fingerprint density at radius 1 is 1.11 bits per heavy atom. The highest BCUT2D eigenvalue weighted by Crippen LogP contribution is 2.16. The van der Waals surface area contributed by atoms with Gasteiger partial charge in [0.05, 0.1) is 20.1 Å². The third-order valence-corrected chi connectivity index (χ3v) is 4.63. The van der Waals surface area contributed by atoms with E-state index in [-0.39, 0.29) is 30.5 Å². The maximum absolute atomic E-state index is 12.9. The molecule has 2 aromatic carbocycles. The number of nitrogens with zero attached hydrogens (tertiary/aromatic N) is 1. The van der Waals surface area contributed by atoms with Crippen molar-refractivity contribution in [3.63, 3.8) is 0 Å². The topological polar surface area (TPSA) is 62.4 Å². The molecule has 0 aliphatic heterocycles. The van der Waals surface area contributed by atoms with Crippen LogP contribution in [0.25, 0.3) is 10.9 Å². The van der Waals surface area contributed by atoms with Crippen molar-refractivity contribution in [1.29, 1.82) is 0 Å². The van der Waals surface area contributed by atoms with Gasteiger partial charge in [-0.05, 0) is 49.1 Å². The Kier molecular flexibility index (Phi) is 5.60. The molecule has 0 fully saturated rings. The van der Waals surface area contributed by atoms with Crippen LogP contribution in [0, 0.1) is 0 Å². The number of H-pyrrole nitrogens is 1. The lowest BCUT2D eigenvalue weighted by molar-refractivity contribution is -0.132. The van der Waals surface area contributed by atoms with E-state index in [2.05, 4.69) is 4.98 Å². The zero-order chi connectivity index (χ0) is 19.4. The number of nitrogens with one attached hydrogen (secondary N) is 1. The molecule has 0 aliphatic rings. The van der Waals surface area contributed by atoms with E-state index in [1.165, 1.54) is 0 Å². The number of fused-ring (bicyclic) bond motifs is 1. The summed E-state index contributed by atoms with van der Waals surface area (Å²) in [7, 11) is 1.61. The molecule has 1 aromatic heterocycles. The number of carbonyl (C=O) groups excluding carboxylic acids is 1. The molecule has 0 unspecified atom stereocenters. The second-order valence-corrected chi connectivity index (χ2v) is 6.85. The number of hydrogen-bond donors (Lipinski definition) is 1. The molecule has 5 heteroatoms. The number of carbonyl (C=O) groups is 1. The highest BCUT2D eigenvalue weighted by molar-refractivity contribution is 5.80. The fourth-order valence-electron chi connectivity index (χ4n) is 3.07. The summed E-state index contributed by atoms with van der Waals surface area (Å²) in [6.07, 6.45) is 0.285. The first-order valence-corrected chi connectivity index (χ1v) is 9.01. The molecule has 1 amide bonds. The molecule has 0 radical (unpaired) electrons. The van der Waals surface area contributed by atoms with Crippen LogP contribution in [-0.4, -0.2) is 28.9 Å². The van der Waals surface area contributed by atoms with Crippen molar-refractivity contribution in [1.82, 2.24) is 9.88 Å². The summed E-state index contributed by atoms with van der Waals surface area (Å²) >= 11 is 0. The first-order valence-electron chi connectivity index (χ1n) is 9.01. The van der Waals surface area contributed by atoms with E-state index < -0.39 is 0 Å². The van der Waals surface area contributed by atoms with Crippen LogP contribution >= 0.6 is 0 Å². The minimum Gasteiger partial charge on any atom is -0.497 e. The molecule has 0 saturated carbocycles. The monoisotopic (exact) mass is 364 g/mol. The van der Waals surface area contributed by atoms with Gasteiger partial charge in [-0.2, -0.15) is 0 Å². The van der Waals surface area contributed by atoms with Crippen LogP contribution in [0.3, 0.4) is 0 Å². The number of benzene rings is 2. The summed E-state index contributed by atoms with van der Waals surface area (Å²) in [6, 6.07) is 17.0. The summed E-state index contributed by atoms with van der Waals surface area (Å²) in [6.45, 7) is 4.20. The van der Waals surface area contributed by atoms with Crippen molar-refractivity contribution in [3.05, 3.63) is 76.1 Å². The Labute approximate surface area is 158 Å². The quantitative estimate of drug-likeness (QED) is 0.728. The van der Waals surface area contributed by atoms with Gasteiger partial charge in [-0.3, -0.25) is 9.59 Å². The van der Waals surface area contributed by atoms with Crippen LogP contribution in [0.2, 0.25) is 0 Å². The highest BCUT2D eigenvalue weighted by atomic mass is 16.5. The predicted octanol–water partition coefficient (Wildman–Crippen LogP) is 3.52. The number of methoxy groups -OCH3 is 1. The predicted molar refractivity (Wildman–Crippen MR) is 107 cm³/mol. The van der Waals surface area contributed by atoms with Crippen molar-refractivity contribution < 1.29 is 9.53 Å². The van der Waals surface area contributed by atoms with E-state index in [0.29, 0.717) is 5.56 Å². The van der Waals surface area contributed by atoms with Gasteiger partial charge in [0.25, 0.3) is 5.56 Å². The lowest BCUT2D eigenvalue weighted by atomic mass is 10.1. The molecule has 3 aromatic rings. The van der Waals surface area contributed by atoms with Gasteiger partial charge in [-0.1, -0.05) is 30.3 Å². The molecular formula is C22H24N2O3. The Morgan fingerprint density at radius 3 is 2.48 bits per heavy atom. The Morgan fingerprint density at radius 2 is 1.81 bits per heavy atom. The van der Waals surface area contributed by atoms with E-state index in [1.54, 1.807) is 12.0 Å². The van der Waals surface area contributed by atoms with Gasteiger partial charge in [0.1, 0.15) is 5.75 Å². The molecule has 3 rings (SSSR count). The van der Waals surface area contributed by atoms with Gasteiger partial charge in [-0.25, -0.2) is 0 Å². The highest BCUT2D eigenvalue weighted by Gasteiger charge is 2.19. The summed E-state index contributed by atoms with van der Waals surface area (Å²) < 4.78 is 5.15. The van der Waals surface area contributed by atoms with Crippen LogP contribution in [0.4, 0.5) is 0 Å². The molecule has 140 valence electrons. The normalized spacial score (nSPS) is 11.0. The average molecular weight is 364 g/mol. The first kappa shape index (κ1) is 18.7. The van der Waals surface area contributed by atoms with E-state index >= 15 is 0 Å². The standard InChI is InChI=1S/C22H24N2O3/c1-15(2)24(21(25)12-16-8-10-19(27-3)11-9-16)14-18-13-17-6-4-5-7-20(17)23-22(18)26/h4-11,13,15H,12,14H2,1-3H3,(H,23,26). The summed E-state index contributed by atoms with van der Waals surface area (Å²) in [5.41, 5.74) is 2.15. The zero-order valence-electron chi connectivity index (χ0n) is 15.9. The Hall–Kier alpha value is -3.08. The SMILES string of the molecule is COc1ccc(CC(=O)N(Cc2cc3ccccc3[nH]c2=O)C(C)C)cc1. The van der Waals surface area contributed by atoms with Crippen LogP contribution in [0.15, 0.2) is 59.4 Å². The van der Waals surface area contributed by atoms with Crippen LogP contribution in [0.5, 0.6) is 5.75 Å². The summed E-state index contributed by atoms with van der Waals surface area (Å²) in [5, 5.41) is 0.957. The minimum absolute atomic E-state index is 0.0114. The Bertz CT molecular complexity index is 990. The number of aromatic amines is 1. The van der Waals surface area contributed by atoms with Gasteiger partial charge < -0.3 is 14.6 Å². The lowest BCUT2D eigenvalue weighted by Crippen LogP contribution is -2.38. The van der Waals surface area contributed by atoms with E-state index in [1.807, 2.05) is 68.4 Å². The zero-order valence-corrected chi connectivity index (χ0v) is 15.9. The van der Waals surface area contributed by atoms with Gasteiger partial charge in [0.2, 0.25) is 5.91 Å². The number of pyridine rings is 1. The molecule has 0 bridgehead atoms. The number of aromatic nitrogens is 1. The second kappa shape index (κ2) is 8.08. The largest absolute Gasteiger partial charge is 0.497 e. The molecule has 0 saturated heterocycles. The van der Waals surface area contributed by atoms with E-state index in [0.717, 1.165) is 22.2 Å². The fraction of sp³-hybridized carbons (Fsp3) is 0.273. The van der Waals surface area contributed by atoms with Crippen LogP contribution in [-0.2, 0) is 17.8 Å². The lowest BCUT2D eigenvalue weighted by Gasteiger charge is -2.27. The van der Waals surface area contributed by atoms with Crippen LogP contribution in [0.1, 0.15) is 25.0 Å². The van der Waals surface area contributed by atoms with E-state index in [4.69, 9.17) is 4.74 Å². The maximum atomic E-state index is 12.9. The summed E-state index contributed by atoms with van der Waals surface area (Å²) in [5.74, 6) is 0.748. The molecule has 0 spiro atoms. The molecular weight excluding hydrogens is 340 g/mol. The van der Waals surface area contributed by atoms with Crippen molar-refractivity contribution in [3.8, 4) is 5.75 Å². The first-order chi connectivity index (χ1) is 13.0. The average Bonchev–Trinajstić information content (AvgIpc) is 2.66. The fourth-order valence-corrected chi connectivity index (χ4v) is 3.07. The van der Waals surface area contributed by atoms with Crippen LogP contribution < -0.4 is 10.3 Å². The van der Waals surface area contributed by atoms with Crippen molar-refractivity contribution in [2.45, 2.75) is 32.9 Å². The molecule has 0 atom stereocenters. The molecule has 0 aliphatic carbocycles. The number of rotatable bonds is 6. The third kappa shape index (κ3) is 4.37. The van der Waals surface area contributed by atoms with Crippen molar-refractivity contribution in [2.24, 2.45) is 0 Å². The number of amides is 1. The maximum Gasteiger partial charge on any atom is 0.253 e. The number of para-hydroxylation sites is 1. The van der Waals surface area contributed by atoms with Gasteiger partial charge in [-0.15, -0.1) is 0 Å². The minimum atomic E-state index is -0.156. The second-order valence-electron chi connectivity index (χ2n) is 6.85. The molecule has 27 heavy (non-hydrogen) atoms. The number of ether oxygens (including phenoxy) is 1. The van der Waals surface area contributed by atoms with Crippen molar-refractivity contribution >= 4 is 16.8 Å². The molecule has 5 nitrogen and oxygen atoms in total. The molecule has 1 heterocycles. The molecule has 1 N–H and O–H groups in total. The number of hydrogen-bond acceptors (Lipinski definition) is 3. The summed E-state index contributed by atoms with van der Waals surface area (Å²) in [4.78, 5) is 29.9. The smallest absolute Gasteiger partial charge is 0.253 e. The Balaban J connectivity index is 1.81. The van der Waals surface area contributed by atoms with E-state index in [9.17, 15) is 9.59 Å². The van der Waals surface area contributed by atoms with Gasteiger partial charge in [0, 0.05) is 17.1 Å². The van der Waals surface area contributed by atoms with Gasteiger partial charge >= 0.3 is 0 Å². The van der Waals surface area contributed by atoms with Gasteiger partial charge in [0.15, 0.2) is 0 Å².